The minimum absolute atomic E-state index is 0.433. The zero-order valence-corrected chi connectivity index (χ0v) is 14.3. The van der Waals surface area contributed by atoms with Crippen LogP contribution in [0.15, 0.2) is 55.1 Å². The number of hydrazine groups is 1. The molecule has 0 unspecified atom stereocenters. The number of hydrogen-bond acceptors (Lipinski definition) is 7. The molecule has 0 aliphatic heterocycles. The highest BCUT2D eigenvalue weighted by Crippen LogP contribution is 2.17. The number of nitrogens with two attached hydrogens (primary N) is 2. The number of anilines is 2. The molecule has 8 nitrogen and oxygen atoms in total. The first kappa shape index (κ1) is 19.7. The van der Waals surface area contributed by atoms with Crippen molar-refractivity contribution in [3.63, 3.8) is 0 Å². The predicted molar refractivity (Wildman–Crippen MR) is 101 cm³/mol. The maximum Gasteiger partial charge on any atom is 0.180 e. The lowest BCUT2D eigenvalue weighted by Crippen LogP contribution is -2.21. The molecule has 0 spiro atoms. The van der Waals surface area contributed by atoms with E-state index in [1.807, 2.05) is 60.8 Å². The molecule has 3 rings (SSSR count). The smallest absolute Gasteiger partial charge is 0.180 e. The second kappa shape index (κ2) is 10.4. The average molecular weight is 341 g/mol. The van der Waals surface area contributed by atoms with Crippen LogP contribution in [-0.2, 0) is 4.79 Å². The second-order valence-electron chi connectivity index (χ2n) is 4.78. The quantitative estimate of drug-likeness (QED) is 0.420. The van der Waals surface area contributed by atoms with E-state index in [1.165, 1.54) is 0 Å². The fourth-order valence-corrected chi connectivity index (χ4v) is 1.94. The van der Waals surface area contributed by atoms with Gasteiger partial charge >= 0.3 is 0 Å². The van der Waals surface area contributed by atoms with Crippen LogP contribution in [0.2, 0.25) is 0 Å². The van der Waals surface area contributed by atoms with Crippen LogP contribution in [0, 0.1) is 0 Å². The SMILES string of the molecule is C=O.CNN/C=C(\C)c1cnc2c(N)nccn12.Nc1ccccc1. The molecule has 0 aliphatic carbocycles. The summed E-state index contributed by atoms with van der Waals surface area (Å²) in [6, 6.07) is 9.49. The molecular formula is C17H23N7O. The van der Waals surface area contributed by atoms with Crippen molar-refractivity contribution in [2.45, 2.75) is 6.92 Å². The minimum atomic E-state index is 0.433. The summed E-state index contributed by atoms with van der Waals surface area (Å²) in [6.45, 7) is 3.99. The zero-order chi connectivity index (χ0) is 18.7. The van der Waals surface area contributed by atoms with E-state index in [-0.39, 0.29) is 0 Å². The summed E-state index contributed by atoms with van der Waals surface area (Å²) in [4.78, 5) is 16.2. The van der Waals surface area contributed by atoms with E-state index in [4.69, 9.17) is 16.3 Å². The molecule has 3 aromatic rings. The molecule has 0 bridgehead atoms. The molecule has 0 saturated heterocycles. The Hall–Kier alpha value is -3.39. The highest BCUT2D eigenvalue weighted by molar-refractivity contribution is 5.68. The van der Waals surface area contributed by atoms with Gasteiger partial charge in [0.1, 0.15) is 6.79 Å². The average Bonchev–Trinajstić information content (AvgIpc) is 3.08. The van der Waals surface area contributed by atoms with Gasteiger partial charge in [-0.05, 0) is 24.6 Å². The molecule has 8 heteroatoms. The van der Waals surface area contributed by atoms with Crippen molar-refractivity contribution in [3.8, 4) is 0 Å². The number of imidazole rings is 1. The first-order valence-corrected chi connectivity index (χ1v) is 7.40. The third-order valence-corrected chi connectivity index (χ3v) is 3.09. The van der Waals surface area contributed by atoms with Crippen LogP contribution in [0.3, 0.4) is 0 Å². The van der Waals surface area contributed by atoms with Gasteiger partial charge in [0.05, 0.1) is 11.9 Å². The number of nitrogens with zero attached hydrogens (tertiary/aromatic N) is 3. The maximum atomic E-state index is 8.00. The number of benzene rings is 1. The van der Waals surface area contributed by atoms with Gasteiger partial charge in [-0.15, -0.1) is 0 Å². The minimum Gasteiger partial charge on any atom is -0.399 e. The zero-order valence-electron chi connectivity index (χ0n) is 14.3. The molecular weight excluding hydrogens is 318 g/mol. The lowest BCUT2D eigenvalue weighted by atomic mass is 10.2. The number of aromatic nitrogens is 3. The molecule has 0 saturated carbocycles. The van der Waals surface area contributed by atoms with Crippen LogP contribution in [0.1, 0.15) is 12.6 Å². The standard InChI is InChI=1S/C10H14N6.C6H7N.CH2O/c1-7(5-15-12-2)8-6-14-10-9(11)13-3-4-16(8)10;7-6-4-2-1-3-5-6;1-2/h3-6,12,15H,1-2H3,(H2,11,13);1-5H,7H2;1H2/b7-5+;;. The van der Waals surface area contributed by atoms with Gasteiger partial charge in [-0.1, -0.05) is 18.2 Å². The Morgan fingerprint density at radius 3 is 2.44 bits per heavy atom. The number of rotatable bonds is 3. The Morgan fingerprint density at radius 1 is 1.20 bits per heavy atom. The Kier molecular flexibility index (Phi) is 8.17. The van der Waals surface area contributed by atoms with Crippen molar-refractivity contribution in [1.29, 1.82) is 0 Å². The molecule has 2 aromatic heterocycles. The Bertz CT molecular complexity index is 799. The van der Waals surface area contributed by atoms with Crippen LogP contribution in [0.4, 0.5) is 11.5 Å². The summed E-state index contributed by atoms with van der Waals surface area (Å²) in [5.74, 6) is 0.433. The van der Waals surface area contributed by atoms with Gasteiger partial charge in [0.25, 0.3) is 0 Å². The topological polar surface area (TPSA) is 123 Å². The number of fused-ring (bicyclic) bond motifs is 1. The second-order valence-corrected chi connectivity index (χ2v) is 4.78. The monoisotopic (exact) mass is 341 g/mol. The van der Waals surface area contributed by atoms with E-state index in [0.717, 1.165) is 17.0 Å². The van der Waals surface area contributed by atoms with Crippen molar-refractivity contribution in [1.82, 2.24) is 25.2 Å². The summed E-state index contributed by atoms with van der Waals surface area (Å²) < 4.78 is 1.91. The van der Waals surface area contributed by atoms with Gasteiger partial charge in [-0.2, -0.15) is 0 Å². The summed E-state index contributed by atoms with van der Waals surface area (Å²) in [5, 5.41) is 0. The number of para-hydroxylation sites is 1. The third kappa shape index (κ3) is 5.63. The molecule has 0 radical (unpaired) electrons. The Balaban J connectivity index is 0.000000290. The Labute approximate surface area is 146 Å². The van der Waals surface area contributed by atoms with Crippen LogP contribution in [0.25, 0.3) is 11.2 Å². The molecule has 25 heavy (non-hydrogen) atoms. The number of carbonyl (C=O) groups excluding carboxylic acids is 1. The molecule has 0 amide bonds. The predicted octanol–water partition coefficient (Wildman–Crippen LogP) is 1.48. The van der Waals surface area contributed by atoms with E-state index in [2.05, 4.69) is 20.8 Å². The molecule has 0 aliphatic rings. The Morgan fingerprint density at radius 2 is 1.88 bits per heavy atom. The van der Waals surface area contributed by atoms with Gasteiger partial charge in [0.15, 0.2) is 11.5 Å². The highest BCUT2D eigenvalue weighted by Gasteiger charge is 2.07. The van der Waals surface area contributed by atoms with Gasteiger partial charge in [0, 0.05) is 31.3 Å². The fraction of sp³-hybridized carbons (Fsp3) is 0.118. The molecule has 0 atom stereocenters. The summed E-state index contributed by atoms with van der Waals surface area (Å²) >= 11 is 0. The van der Waals surface area contributed by atoms with E-state index >= 15 is 0 Å². The molecule has 2 heterocycles. The molecule has 6 N–H and O–H groups in total. The summed E-state index contributed by atoms with van der Waals surface area (Å²) in [5.41, 5.74) is 20.4. The first-order valence-electron chi connectivity index (χ1n) is 7.40. The molecule has 132 valence electrons. The van der Waals surface area contributed by atoms with Crippen LogP contribution in [-0.4, -0.2) is 28.2 Å². The van der Waals surface area contributed by atoms with Crippen molar-refractivity contribution < 1.29 is 4.79 Å². The van der Waals surface area contributed by atoms with Crippen molar-refractivity contribution in [2.24, 2.45) is 0 Å². The van der Waals surface area contributed by atoms with Crippen molar-refractivity contribution in [3.05, 3.63) is 60.8 Å². The van der Waals surface area contributed by atoms with E-state index in [0.29, 0.717) is 11.5 Å². The number of carbonyl (C=O) groups is 1. The van der Waals surface area contributed by atoms with E-state index in [9.17, 15) is 0 Å². The van der Waals surface area contributed by atoms with Gasteiger partial charge in [-0.25, -0.2) is 15.4 Å². The summed E-state index contributed by atoms with van der Waals surface area (Å²) in [6.07, 6.45) is 7.13. The third-order valence-electron chi connectivity index (χ3n) is 3.09. The van der Waals surface area contributed by atoms with Gasteiger partial charge in [-0.3, -0.25) is 4.40 Å². The highest BCUT2D eigenvalue weighted by atomic mass is 16.1. The number of nitrogens with one attached hydrogen (secondary N) is 2. The maximum absolute atomic E-state index is 8.00. The number of nitrogen functional groups attached to an aromatic ring is 2. The summed E-state index contributed by atoms with van der Waals surface area (Å²) in [7, 11) is 1.81. The number of hydrogen-bond donors (Lipinski definition) is 4. The van der Waals surface area contributed by atoms with Gasteiger partial charge < -0.3 is 21.7 Å². The van der Waals surface area contributed by atoms with Crippen LogP contribution >= 0.6 is 0 Å². The van der Waals surface area contributed by atoms with Crippen LogP contribution in [0.5, 0.6) is 0 Å². The molecule has 1 aromatic carbocycles. The lowest BCUT2D eigenvalue weighted by Gasteiger charge is -2.03. The lowest BCUT2D eigenvalue weighted by molar-refractivity contribution is -0.0979. The normalized spacial score (nSPS) is 10.2. The largest absolute Gasteiger partial charge is 0.399 e. The van der Waals surface area contributed by atoms with Gasteiger partial charge in [0.2, 0.25) is 0 Å². The molecule has 0 fully saturated rings. The van der Waals surface area contributed by atoms with E-state index in [1.54, 1.807) is 19.4 Å². The van der Waals surface area contributed by atoms with E-state index < -0.39 is 0 Å². The first-order chi connectivity index (χ1) is 12.1. The number of allylic oxidation sites excluding steroid dienone is 1. The van der Waals surface area contributed by atoms with Crippen molar-refractivity contribution in [2.75, 3.05) is 18.5 Å². The van der Waals surface area contributed by atoms with Crippen molar-refractivity contribution >= 4 is 29.5 Å². The fourth-order valence-electron chi connectivity index (χ4n) is 1.94. The van der Waals surface area contributed by atoms with Crippen LogP contribution < -0.4 is 22.3 Å².